The second-order valence-corrected chi connectivity index (χ2v) is 9.62. The summed E-state index contributed by atoms with van der Waals surface area (Å²) in [5.41, 5.74) is 3.02. The van der Waals surface area contributed by atoms with Crippen LogP contribution in [0.5, 0.6) is 0 Å². The van der Waals surface area contributed by atoms with Gasteiger partial charge in [0, 0.05) is 42.6 Å². The lowest BCUT2D eigenvalue weighted by atomic mass is 9.97. The average molecular weight is 490 g/mol. The van der Waals surface area contributed by atoms with Crippen LogP contribution < -0.4 is 15.5 Å². The lowest BCUT2D eigenvalue weighted by molar-refractivity contribution is 0.248. The molecule has 1 aliphatic heterocycles. The number of urea groups is 1. The van der Waals surface area contributed by atoms with E-state index in [1.165, 1.54) is 22.7 Å². The Morgan fingerprint density at radius 1 is 1.16 bits per heavy atom. The quantitative estimate of drug-likeness (QED) is 0.460. The van der Waals surface area contributed by atoms with Gasteiger partial charge in [-0.25, -0.2) is 9.78 Å². The summed E-state index contributed by atoms with van der Waals surface area (Å²) < 4.78 is 4.54. The normalized spacial score (nSPS) is 14.4. The van der Waals surface area contributed by atoms with Gasteiger partial charge in [0.2, 0.25) is 5.13 Å². The van der Waals surface area contributed by atoms with Gasteiger partial charge in [-0.3, -0.25) is 0 Å². The zero-order valence-corrected chi connectivity index (χ0v) is 20.1. The molecule has 2 aromatic carbocycles. The molecule has 1 aromatic heterocycles. The van der Waals surface area contributed by atoms with Crippen LogP contribution in [-0.2, 0) is 6.42 Å². The van der Waals surface area contributed by atoms with Crippen LogP contribution in [0.15, 0.2) is 42.5 Å². The minimum Gasteiger partial charge on any atom is -0.347 e. The van der Waals surface area contributed by atoms with Crippen LogP contribution in [0.2, 0.25) is 10.0 Å². The summed E-state index contributed by atoms with van der Waals surface area (Å²) in [6.45, 7) is 4.54. The number of aromatic nitrogens is 2. The van der Waals surface area contributed by atoms with E-state index in [4.69, 9.17) is 28.2 Å². The lowest BCUT2D eigenvalue weighted by Gasteiger charge is -2.31. The minimum absolute atomic E-state index is 0.262. The van der Waals surface area contributed by atoms with E-state index in [-0.39, 0.29) is 6.03 Å². The third-order valence-electron chi connectivity index (χ3n) is 5.56. The fourth-order valence-corrected chi connectivity index (χ4v) is 4.85. The molecule has 0 unspecified atom stereocenters. The molecule has 1 aliphatic rings. The molecule has 0 aliphatic carbocycles. The van der Waals surface area contributed by atoms with Gasteiger partial charge >= 0.3 is 6.03 Å². The first kappa shape index (κ1) is 22.8. The van der Waals surface area contributed by atoms with Crippen LogP contribution in [0.3, 0.4) is 0 Å². The molecule has 2 amide bonds. The first-order chi connectivity index (χ1) is 15.5. The highest BCUT2D eigenvalue weighted by Crippen LogP contribution is 2.26. The number of nitrogens with zero attached hydrogens (tertiary/aromatic N) is 3. The van der Waals surface area contributed by atoms with E-state index in [2.05, 4.69) is 51.1 Å². The molecule has 9 heteroatoms. The topological polar surface area (TPSA) is 70.2 Å². The van der Waals surface area contributed by atoms with Gasteiger partial charge in [0.15, 0.2) is 0 Å². The van der Waals surface area contributed by atoms with Gasteiger partial charge in [-0.15, -0.1) is 0 Å². The summed E-state index contributed by atoms with van der Waals surface area (Å²) in [7, 11) is 0. The minimum atomic E-state index is -0.262. The molecule has 3 aromatic rings. The molecule has 0 radical (unpaired) electrons. The molecular weight excluding hydrogens is 465 g/mol. The summed E-state index contributed by atoms with van der Waals surface area (Å²) in [5.74, 6) is 1.30. The van der Waals surface area contributed by atoms with Gasteiger partial charge < -0.3 is 15.5 Å². The van der Waals surface area contributed by atoms with Gasteiger partial charge in [0.05, 0.1) is 10.7 Å². The largest absolute Gasteiger partial charge is 0.347 e. The van der Waals surface area contributed by atoms with Crippen molar-refractivity contribution in [3.8, 4) is 0 Å². The maximum Gasteiger partial charge on any atom is 0.319 e. The first-order valence-corrected chi connectivity index (χ1v) is 12.1. The smallest absolute Gasteiger partial charge is 0.319 e. The average Bonchev–Trinajstić information content (AvgIpc) is 3.25. The monoisotopic (exact) mass is 489 g/mol. The van der Waals surface area contributed by atoms with Crippen LogP contribution in [-0.4, -0.2) is 35.0 Å². The lowest BCUT2D eigenvalue weighted by Crippen LogP contribution is -2.39. The van der Waals surface area contributed by atoms with E-state index in [9.17, 15) is 4.79 Å². The number of nitrogens with one attached hydrogen (secondary N) is 2. The second-order valence-electron chi connectivity index (χ2n) is 8.05. The number of amides is 2. The van der Waals surface area contributed by atoms with Gasteiger partial charge in [0.25, 0.3) is 0 Å². The summed E-state index contributed by atoms with van der Waals surface area (Å²) in [4.78, 5) is 19.2. The highest BCUT2D eigenvalue weighted by molar-refractivity contribution is 7.09. The number of anilines is 2. The van der Waals surface area contributed by atoms with E-state index >= 15 is 0 Å². The Morgan fingerprint density at radius 2 is 1.91 bits per heavy atom. The molecule has 2 heterocycles. The fourth-order valence-electron chi connectivity index (χ4n) is 3.66. The summed E-state index contributed by atoms with van der Waals surface area (Å²) in [6, 6.07) is 13.2. The van der Waals surface area contributed by atoms with Crippen molar-refractivity contribution in [1.82, 2.24) is 14.7 Å². The molecule has 0 atom stereocenters. The molecule has 0 spiro atoms. The number of halogens is 2. The number of rotatable bonds is 6. The number of hydrogen-bond donors (Lipinski definition) is 2. The van der Waals surface area contributed by atoms with Gasteiger partial charge in [-0.05, 0) is 49.4 Å². The Kier molecular flexibility index (Phi) is 7.50. The Bertz CT molecular complexity index is 1060. The zero-order valence-electron chi connectivity index (χ0n) is 17.8. The van der Waals surface area contributed by atoms with Crippen molar-refractivity contribution in [1.29, 1.82) is 0 Å². The molecule has 168 valence electrons. The number of benzene rings is 2. The summed E-state index contributed by atoms with van der Waals surface area (Å²) in [5, 5.41) is 7.65. The van der Waals surface area contributed by atoms with Crippen molar-refractivity contribution in [2.75, 3.05) is 29.9 Å². The third-order valence-corrected chi connectivity index (χ3v) is 6.92. The molecule has 0 bridgehead atoms. The maximum atomic E-state index is 12.2. The van der Waals surface area contributed by atoms with Gasteiger partial charge in [0.1, 0.15) is 5.82 Å². The molecular formula is C23H25Cl2N5OS. The second kappa shape index (κ2) is 10.5. The van der Waals surface area contributed by atoms with Crippen LogP contribution >= 0.6 is 34.7 Å². The molecule has 1 fully saturated rings. The van der Waals surface area contributed by atoms with E-state index < -0.39 is 0 Å². The van der Waals surface area contributed by atoms with Gasteiger partial charge in [-0.2, -0.15) is 4.37 Å². The van der Waals surface area contributed by atoms with E-state index in [1.54, 1.807) is 18.2 Å². The number of carbonyl (C=O) groups excluding carboxylic acids is 1. The highest BCUT2D eigenvalue weighted by atomic mass is 35.5. The Hall–Kier alpha value is -2.35. The first-order valence-electron chi connectivity index (χ1n) is 10.6. The molecule has 0 saturated carbocycles. The zero-order chi connectivity index (χ0) is 22.5. The van der Waals surface area contributed by atoms with E-state index in [0.717, 1.165) is 43.3 Å². The number of carbonyl (C=O) groups is 1. The van der Waals surface area contributed by atoms with Crippen molar-refractivity contribution in [3.63, 3.8) is 0 Å². The molecule has 6 nitrogen and oxygen atoms in total. The van der Waals surface area contributed by atoms with Gasteiger partial charge in [-0.1, -0.05) is 53.0 Å². The molecule has 1 saturated heterocycles. The van der Waals surface area contributed by atoms with Crippen LogP contribution in [0.1, 0.15) is 29.8 Å². The third kappa shape index (κ3) is 6.12. The van der Waals surface area contributed by atoms with E-state index in [0.29, 0.717) is 28.2 Å². The van der Waals surface area contributed by atoms with Crippen molar-refractivity contribution in [2.45, 2.75) is 26.2 Å². The van der Waals surface area contributed by atoms with Crippen molar-refractivity contribution >= 4 is 51.6 Å². The summed E-state index contributed by atoms with van der Waals surface area (Å²) in [6.07, 6.45) is 2.74. The number of hydrogen-bond acceptors (Lipinski definition) is 5. The van der Waals surface area contributed by atoms with Crippen molar-refractivity contribution < 1.29 is 4.79 Å². The fraction of sp³-hybridized carbons (Fsp3) is 0.348. The molecule has 2 N–H and O–H groups in total. The predicted octanol–water partition coefficient (Wildman–Crippen LogP) is 5.78. The molecule has 4 rings (SSSR count). The standard InChI is InChI=1S/C23H25Cl2N5OS/c1-15-2-4-16(5-3-15)12-21-28-23(32-29-21)30-10-8-17(9-11-30)14-26-22(31)27-20-7-6-18(24)13-19(20)25/h2-7,13,17H,8-12,14H2,1H3,(H2,26,27,31). The SMILES string of the molecule is Cc1ccc(Cc2nsc(N3CCC(CNC(=O)Nc4ccc(Cl)cc4Cl)CC3)n2)cc1. The van der Waals surface area contributed by atoms with Crippen molar-refractivity contribution in [3.05, 3.63) is 69.5 Å². The Labute approximate surface area is 202 Å². The molecule has 32 heavy (non-hydrogen) atoms. The maximum absolute atomic E-state index is 12.2. The predicted molar refractivity (Wildman–Crippen MR) is 132 cm³/mol. The Balaban J connectivity index is 1.21. The number of piperidine rings is 1. The van der Waals surface area contributed by atoms with Crippen LogP contribution in [0.4, 0.5) is 15.6 Å². The van der Waals surface area contributed by atoms with Crippen molar-refractivity contribution in [2.24, 2.45) is 5.92 Å². The van der Waals surface area contributed by atoms with E-state index in [1.807, 2.05) is 0 Å². The van der Waals surface area contributed by atoms with Crippen LogP contribution in [0, 0.1) is 12.8 Å². The Morgan fingerprint density at radius 3 is 2.62 bits per heavy atom. The van der Waals surface area contributed by atoms with Crippen LogP contribution in [0.25, 0.3) is 0 Å². The number of aryl methyl sites for hydroxylation is 1. The summed E-state index contributed by atoms with van der Waals surface area (Å²) >= 11 is 13.5. The highest BCUT2D eigenvalue weighted by Gasteiger charge is 2.22.